The summed E-state index contributed by atoms with van der Waals surface area (Å²) in [6.45, 7) is 17.0. The monoisotopic (exact) mass is 448 g/mol. The third-order valence-electron chi connectivity index (χ3n) is 12.0. The molecule has 3 heteroatoms. The van der Waals surface area contributed by atoms with E-state index >= 15 is 0 Å². The van der Waals surface area contributed by atoms with Crippen LogP contribution in [-0.2, 0) is 4.74 Å². The highest BCUT2D eigenvalue weighted by Crippen LogP contribution is 2.84. The second-order valence-corrected chi connectivity index (χ2v) is 13.6. The largest absolute Gasteiger partial charge is 0.396 e. The third-order valence-corrected chi connectivity index (χ3v) is 12.0. The fourth-order valence-electron chi connectivity index (χ4n) is 10.0. The summed E-state index contributed by atoms with van der Waals surface area (Å²) in [6, 6.07) is 0. The van der Waals surface area contributed by atoms with Crippen LogP contribution in [0.4, 0.5) is 0 Å². The van der Waals surface area contributed by atoms with Crippen molar-refractivity contribution in [3.05, 3.63) is 0 Å². The summed E-state index contributed by atoms with van der Waals surface area (Å²) in [5.41, 5.74) is 0.403. The molecule has 32 heavy (non-hydrogen) atoms. The molecular formula is C29H52O3. The molecule has 4 aliphatic rings. The number of rotatable bonds is 9. The Morgan fingerprint density at radius 3 is 2.16 bits per heavy atom. The molecule has 1 heterocycles. The molecular weight excluding hydrogens is 396 g/mol. The number of ether oxygens (including phenoxy) is 1. The number of aliphatic hydroxyl groups excluding tert-OH is 2. The first kappa shape index (κ1) is 25.0. The SMILES string of the molecule is CC(C)CCCC(C)C1CCC2(C)C1(C)CCC13OC21CCC(C(C)O)C3(C)CCCO. The zero-order valence-corrected chi connectivity index (χ0v) is 22.2. The van der Waals surface area contributed by atoms with E-state index in [4.69, 9.17) is 4.74 Å². The summed E-state index contributed by atoms with van der Waals surface area (Å²) in [7, 11) is 0. The average Bonchev–Trinajstić information content (AvgIpc) is 3.35. The molecule has 4 fully saturated rings. The fraction of sp³-hybridized carbons (Fsp3) is 1.00. The van der Waals surface area contributed by atoms with Crippen molar-refractivity contribution in [2.75, 3.05) is 6.61 Å². The summed E-state index contributed by atoms with van der Waals surface area (Å²) in [5, 5.41) is 20.4. The molecule has 0 radical (unpaired) electrons. The Balaban J connectivity index is 1.62. The highest BCUT2D eigenvalue weighted by Gasteiger charge is 2.89. The van der Waals surface area contributed by atoms with E-state index in [0.717, 1.165) is 49.9 Å². The van der Waals surface area contributed by atoms with E-state index in [9.17, 15) is 10.2 Å². The van der Waals surface area contributed by atoms with Gasteiger partial charge in [0, 0.05) is 17.4 Å². The van der Waals surface area contributed by atoms with Crippen LogP contribution in [0, 0.1) is 39.9 Å². The van der Waals surface area contributed by atoms with Gasteiger partial charge in [-0.2, -0.15) is 0 Å². The van der Waals surface area contributed by atoms with Gasteiger partial charge in [0.25, 0.3) is 0 Å². The number of aliphatic hydroxyl groups is 2. The maximum absolute atomic E-state index is 10.8. The molecule has 0 aromatic carbocycles. The summed E-state index contributed by atoms with van der Waals surface area (Å²) >= 11 is 0. The Hall–Kier alpha value is -0.120. The van der Waals surface area contributed by atoms with E-state index in [0.29, 0.717) is 5.41 Å². The van der Waals surface area contributed by atoms with Gasteiger partial charge in [0.05, 0.1) is 6.10 Å². The fourth-order valence-corrected chi connectivity index (χ4v) is 10.0. The minimum Gasteiger partial charge on any atom is -0.396 e. The van der Waals surface area contributed by atoms with Gasteiger partial charge in [-0.25, -0.2) is 0 Å². The lowest BCUT2D eigenvalue weighted by Crippen LogP contribution is -2.63. The molecule has 1 saturated heterocycles. The number of fused-ring (bicyclic) bond motifs is 1. The first-order chi connectivity index (χ1) is 14.9. The Labute approximate surface area is 198 Å². The Bertz CT molecular complexity index is 690. The van der Waals surface area contributed by atoms with Gasteiger partial charge in [0.1, 0.15) is 11.2 Å². The number of epoxide rings is 1. The lowest BCUT2D eigenvalue weighted by Gasteiger charge is -2.60. The first-order valence-corrected chi connectivity index (χ1v) is 13.9. The highest BCUT2D eigenvalue weighted by atomic mass is 16.6. The first-order valence-electron chi connectivity index (χ1n) is 13.9. The number of hydrogen-bond acceptors (Lipinski definition) is 3. The quantitative estimate of drug-likeness (QED) is 0.384. The lowest BCUT2D eigenvalue weighted by molar-refractivity contribution is -0.106. The van der Waals surface area contributed by atoms with Gasteiger partial charge in [-0.15, -0.1) is 0 Å². The maximum atomic E-state index is 10.8. The molecule has 3 saturated carbocycles. The van der Waals surface area contributed by atoms with Gasteiger partial charge in [-0.3, -0.25) is 0 Å². The van der Waals surface area contributed by atoms with Crippen molar-refractivity contribution >= 4 is 0 Å². The van der Waals surface area contributed by atoms with Gasteiger partial charge in [-0.05, 0) is 87.4 Å². The van der Waals surface area contributed by atoms with Crippen molar-refractivity contribution in [2.45, 2.75) is 136 Å². The van der Waals surface area contributed by atoms with Crippen LogP contribution in [0.1, 0.15) is 119 Å². The van der Waals surface area contributed by atoms with Crippen molar-refractivity contribution in [1.29, 1.82) is 0 Å². The maximum Gasteiger partial charge on any atom is 0.104 e. The van der Waals surface area contributed by atoms with Crippen LogP contribution in [0.25, 0.3) is 0 Å². The van der Waals surface area contributed by atoms with Gasteiger partial charge in [0.2, 0.25) is 0 Å². The van der Waals surface area contributed by atoms with Gasteiger partial charge in [-0.1, -0.05) is 60.8 Å². The van der Waals surface area contributed by atoms with Crippen LogP contribution in [0.5, 0.6) is 0 Å². The third kappa shape index (κ3) is 3.08. The van der Waals surface area contributed by atoms with Crippen LogP contribution in [-0.4, -0.2) is 34.1 Å². The molecule has 0 amide bonds. The Morgan fingerprint density at radius 2 is 1.53 bits per heavy atom. The Morgan fingerprint density at radius 1 is 0.844 bits per heavy atom. The molecule has 0 aromatic rings. The second kappa shape index (κ2) is 8.23. The van der Waals surface area contributed by atoms with E-state index in [1.807, 2.05) is 6.92 Å². The van der Waals surface area contributed by atoms with Gasteiger partial charge in [0.15, 0.2) is 0 Å². The van der Waals surface area contributed by atoms with Crippen molar-refractivity contribution in [2.24, 2.45) is 39.9 Å². The van der Waals surface area contributed by atoms with Gasteiger partial charge >= 0.3 is 0 Å². The molecule has 3 aliphatic carbocycles. The lowest BCUT2D eigenvalue weighted by atomic mass is 9.41. The number of hydrogen-bond donors (Lipinski definition) is 2. The summed E-state index contributed by atoms with van der Waals surface area (Å²) in [5.74, 6) is 2.67. The van der Waals surface area contributed by atoms with Crippen LogP contribution >= 0.6 is 0 Å². The molecule has 186 valence electrons. The molecule has 1 aliphatic heterocycles. The van der Waals surface area contributed by atoms with Crippen molar-refractivity contribution in [1.82, 2.24) is 0 Å². The van der Waals surface area contributed by atoms with E-state index < -0.39 is 0 Å². The molecule has 4 rings (SSSR count). The molecule has 0 spiro atoms. The molecule has 9 unspecified atom stereocenters. The minimum absolute atomic E-state index is 0.0189. The molecule has 0 aromatic heterocycles. The van der Waals surface area contributed by atoms with Gasteiger partial charge < -0.3 is 14.9 Å². The topological polar surface area (TPSA) is 53.0 Å². The Kier molecular flexibility index (Phi) is 6.43. The van der Waals surface area contributed by atoms with E-state index in [1.165, 1.54) is 38.5 Å². The van der Waals surface area contributed by atoms with E-state index in [2.05, 4.69) is 41.5 Å². The predicted molar refractivity (Wildman–Crippen MR) is 131 cm³/mol. The van der Waals surface area contributed by atoms with E-state index in [1.54, 1.807) is 0 Å². The molecule has 2 N–H and O–H groups in total. The minimum atomic E-state index is -0.311. The van der Waals surface area contributed by atoms with Crippen LogP contribution in [0.15, 0.2) is 0 Å². The highest BCUT2D eigenvalue weighted by molar-refractivity contribution is 5.37. The molecule has 0 bridgehead atoms. The van der Waals surface area contributed by atoms with Crippen LogP contribution < -0.4 is 0 Å². The zero-order chi connectivity index (χ0) is 23.6. The average molecular weight is 449 g/mol. The molecule has 3 nitrogen and oxygen atoms in total. The van der Waals surface area contributed by atoms with Crippen molar-refractivity contribution in [3.8, 4) is 0 Å². The van der Waals surface area contributed by atoms with Crippen molar-refractivity contribution < 1.29 is 14.9 Å². The van der Waals surface area contributed by atoms with Crippen molar-refractivity contribution in [3.63, 3.8) is 0 Å². The molecule has 9 atom stereocenters. The summed E-state index contributed by atoms with van der Waals surface area (Å²) < 4.78 is 7.14. The van der Waals surface area contributed by atoms with E-state index in [-0.39, 0.29) is 40.7 Å². The zero-order valence-electron chi connectivity index (χ0n) is 22.2. The normalized spacial score (nSPS) is 49.3. The smallest absolute Gasteiger partial charge is 0.104 e. The van der Waals surface area contributed by atoms with Crippen LogP contribution in [0.2, 0.25) is 0 Å². The second-order valence-electron chi connectivity index (χ2n) is 13.6. The summed E-state index contributed by atoms with van der Waals surface area (Å²) in [4.78, 5) is 0. The van der Waals surface area contributed by atoms with Crippen LogP contribution in [0.3, 0.4) is 0 Å². The predicted octanol–water partition coefficient (Wildman–Crippen LogP) is 6.74. The standard InChI is InChI=1S/C29H52O3/c1-20(2)10-8-11-21(3)23-12-15-27(7)25(23,5)17-18-28-26(6,14-9-19-30)24(22(4)31)13-16-29(27,28)32-28/h20-24,30-31H,8-19H2,1-7H3. The summed E-state index contributed by atoms with van der Waals surface area (Å²) in [6.07, 6.45) is 12.7.